The van der Waals surface area contributed by atoms with Crippen molar-refractivity contribution in [2.75, 3.05) is 5.43 Å². The SMILES string of the molecule is C(=N\Nc1cc[nH]n1)/c1cccc2c1[nH]c1ccccc12. The first-order valence-electron chi connectivity index (χ1n) is 6.70. The summed E-state index contributed by atoms with van der Waals surface area (Å²) in [5.74, 6) is 0.690. The van der Waals surface area contributed by atoms with Gasteiger partial charge in [-0.25, -0.2) is 0 Å². The van der Waals surface area contributed by atoms with Gasteiger partial charge in [-0.1, -0.05) is 36.4 Å². The highest BCUT2D eigenvalue weighted by atomic mass is 15.3. The van der Waals surface area contributed by atoms with Gasteiger partial charge in [0.1, 0.15) is 0 Å². The maximum atomic E-state index is 4.23. The summed E-state index contributed by atoms with van der Waals surface area (Å²) in [6, 6.07) is 16.3. The molecule has 4 rings (SSSR count). The van der Waals surface area contributed by atoms with Crippen molar-refractivity contribution in [3.8, 4) is 0 Å². The van der Waals surface area contributed by atoms with Gasteiger partial charge >= 0.3 is 0 Å². The Labute approximate surface area is 120 Å². The van der Waals surface area contributed by atoms with Crippen molar-refractivity contribution >= 4 is 33.8 Å². The minimum absolute atomic E-state index is 0.690. The van der Waals surface area contributed by atoms with E-state index in [4.69, 9.17) is 0 Å². The zero-order valence-corrected chi connectivity index (χ0v) is 11.2. The van der Waals surface area contributed by atoms with E-state index in [1.165, 1.54) is 10.8 Å². The van der Waals surface area contributed by atoms with Crippen LogP contribution in [0.2, 0.25) is 0 Å². The molecule has 2 heterocycles. The third kappa shape index (κ3) is 2.04. The van der Waals surface area contributed by atoms with Crippen LogP contribution in [0.15, 0.2) is 59.8 Å². The van der Waals surface area contributed by atoms with Gasteiger partial charge in [-0.05, 0) is 6.07 Å². The Bertz CT molecular complexity index is 918. The first kappa shape index (κ1) is 11.7. The molecule has 0 saturated heterocycles. The minimum atomic E-state index is 0.690. The smallest absolute Gasteiger partial charge is 0.167 e. The molecule has 2 aromatic carbocycles. The molecule has 0 aliphatic heterocycles. The van der Waals surface area contributed by atoms with Crippen LogP contribution in [0.3, 0.4) is 0 Å². The van der Waals surface area contributed by atoms with Gasteiger partial charge in [0.2, 0.25) is 0 Å². The standard InChI is InChI=1S/C16H13N5/c1-2-7-14-12(5-1)13-6-3-4-11(16(13)19-14)10-18-21-15-8-9-17-20-15/h1-10,19H,(H2,17,20,21)/b18-10+. The predicted octanol–water partition coefficient (Wildman–Crippen LogP) is 3.49. The molecule has 4 aromatic rings. The zero-order valence-electron chi connectivity index (χ0n) is 11.2. The number of aromatic amines is 2. The fourth-order valence-corrected chi connectivity index (χ4v) is 2.49. The average Bonchev–Trinajstić information content (AvgIpc) is 3.15. The zero-order chi connectivity index (χ0) is 14.1. The molecular formula is C16H13N5. The largest absolute Gasteiger partial charge is 0.354 e. The summed E-state index contributed by atoms with van der Waals surface area (Å²) in [6.45, 7) is 0. The summed E-state index contributed by atoms with van der Waals surface area (Å²) in [6.07, 6.45) is 3.54. The molecule has 0 saturated carbocycles. The molecule has 21 heavy (non-hydrogen) atoms. The fourth-order valence-electron chi connectivity index (χ4n) is 2.49. The quantitative estimate of drug-likeness (QED) is 0.395. The molecular weight excluding hydrogens is 262 g/mol. The van der Waals surface area contributed by atoms with Crippen LogP contribution >= 0.6 is 0 Å². The molecule has 0 unspecified atom stereocenters. The molecule has 5 nitrogen and oxygen atoms in total. The molecule has 102 valence electrons. The average molecular weight is 275 g/mol. The summed E-state index contributed by atoms with van der Waals surface area (Å²) in [7, 11) is 0. The summed E-state index contributed by atoms with van der Waals surface area (Å²) < 4.78 is 0. The van der Waals surface area contributed by atoms with E-state index in [0.29, 0.717) is 5.82 Å². The summed E-state index contributed by atoms with van der Waals surface area (Å²) >= 11 is 0. The third-order valence-corrected chi connectivity index (χ3v) is 3.46. The van der Waals surface area contributed by atoms with Crippen LogP contribution in [0.25, 0.3) is 21.8 Å². The van der Waals surface area contributed by atoms with Crippen LogP contribution in [0.5, 0.6) is 0 Å². The van der Waals surface area contributed by atoms with E-state index in [1.54, 1.807) is 12.4 Å². The second kappa shape index (κ2) is 4.79. The van der Waals surface area contributed by atoms with Crippen molar-refractivity contribution in [3.05, 3.63) is 60.3 Å². The third-order valence-electron chi connectivity index (χ3n) is 3.46. The first-order valence-corrected chi connectivity index (χ1v) is 6.70. The first-order chi connectivity index (χ1) is 10.4. The van der Waals surface area contributed by atoms with E-state index in [0.717, 1.165) is 16.6 Å². The molecule has 0 amide bonds. The van der Waals surface area contributed by atoms with Crippen molar-refractivity contribution < 1.29 is 0 Å². The second-order valence-corrected chi connectivity index (χ2v) is 4.77. The highest BCUT2D eigenvalue weighted by Gasteiger charge is 2.05. The Balaban J connectivity index is 1.76. The minimum Gasteiger partial charge on any atom is -0.354 e. The van der Waals surface area contributed by atoms with Crippen LogP contribution < -0.4 is 5.43 Å². The Morgan fingerprint density at radius 1 is 1.00 bits per heavy atom. The normalized spacial score (nSPS) is 11.6. The number of fused-ring (bicyclic) bond motifs is 3. The molecule has 0 atom stereocenters. The van der Waals surface area contributed by atoms with Crippen molar-refractivity contribution in [3.63, 3.8) is 0 Å². The number of aromatic nitrogens is 3. The molecule has 0 fully saturated rings. The Hall–Kier alpha value is -3.08. The van der Waals surface area contributed by atoms with E-state index in [-0.39, 0.29) is 0 Å². The molecule has 0 spiro atoms. The fraction of sp³-hybridized carbons (Fsp3) is 0. The summed E-state index contributed by atoms with van der Waals surface area (Å²) in [5, 5.41) is 13.4. The van der Waals surface area contributed by atoms with Crippen LogP contribution in [0, 0.1) is 0 Å². The Morgan fingerprint density at radius 3 is 2.81 bits per heavy atom. The number of anilines is 1. The molecule has 5 heteroatoms. The Kier molecular flexibility index (Phi) is 2.67. The predicted molar refractivity (Wildman–Crippen MR) is 85.6 cm³/mol. The van der Waals surface area contributed by atoms with E-state index >= 15 is 0 Å². The Morgan fingerprint density at radius 2 is 1.90 bits per heavy atom. The van der Waals surface area contributed by atoms with Gasteiger partial charge in [-0.3, -0.25) is 10.5 Å². The molecule has 0 bridgehead atoms. The molecule has 2 aromatic heterocycles. The number of H-pyrrole nitrogens is 2. The van der Waals surface area contributed by atoms with Crippen LogP contribution in [-0.4, -0.2) is 21.4 Å². The van der Waals surface area contributed by atoms with Crippen molar-refractivity contribution in [1.82, 2.24) is 15.2 Å². The number of benzene rings is 2. The summed E-state index contributed by atoms with van der Waals surface area (Å²) in [4.78, 5) is 3.45. The van der Waals surface area contributed by atoms with Gasteiger partial charge in [0.25, 0.3) is 0 Å². The van der Waals surface area contributed by atoms with Gasteiger partial charge in [-0.2, -0.15) is 10.2 Å². The van der Waals surface area contributed by atoms with Crippen molar-refractivity contribution in [1.29, 1.82) is 0 Å². The van der Waals surface area contributed by atoms with Gasteiger partial charge in [0, 0.05) is 34.1 Å². The maximum Gasteiger partial charge on any atom is 0.167 e. The molecule has 0 aliphatic carbocycles. The van der Waals surface area contributed by atoms with E-state index in [9.17, 15) is 0 Å². The lowest BCUT2D eigenvalue weighted by molar-refractivity contribution is 1.08. The van der Waals surface area contributed by atoms with Crippen LogP contribution in [0.4, 0.5) is 5.82 Å². The lowest BCUT2D eigenvalue weighted by atomic mass is 10.1. The number of hydrazone groups is 1. The van der Waals surface area contributed by atoms with Gasteiger partial charge < -0.3 is 4.98 Å². The topological polar surface area (TPSA) is 68.9 Å². The van der Waals surface area contributed by atoms with E-state index in [2.05, 4.69) is 50.0 Å². The number of hydrogen-bond acceptors (Lipinski definition) is 3. The number of rotatable bonds is 3. The molecule has 0 aliphatic rings. The lowest BCUT2D eigenvalue weighted by Crippen LogP contribution is -1.91. The lowest BCUT2D eigenvalue weighted by Gasteiger charge is -1.97. The van der Waals surface area contributed by atoms with Crippen LogP contribution in [0.1, 0.15) is 5.56 Å². The number of nitrogens with one attached hydrogen (secondary N) is 3. The van der Waals surface area contributed by atoms with Crippen LogP contribution in [-0.2, 0) is 0 Å². The summed E-state index contributed by atoms with van der Waals surface area (Å²) in [5.41, 5.74) is 6.14. The number of hydrogen-bond donors (Lipinski definition) is 3. The van der Waals surface area contributed by atoms with Gasteiger partial charge in [0.15, 0.2) is 5.82 Å². The van der Waals surface area contributed by atoms with Gasteiger partial charge in [0.05, 0.1) is 11.7 Å². The highest BCUT2D eigenvalue weighted by Crippen LogP contribution is 2.26. The number of nitrogens with zero attached hydrogens (tertiary/aromatic N) is 2. The number of para-hydroxylation sites is 2. The van der Waals surface area contributed by atoms with Crippen molar-refractivity contribution in [2.24, 2.45) is 5.10 Å². The second-order valence-electron chi connectivity index (χ2n) is 4.77. The van der Waals surface area contributed by atoms with Gasteiger partial charge in [-0.15, -0.1) is 0 Å². The highest BCUT2D eigenvalue weighted by molar-refractivity contribution is 6.12. The monoisotopic (exact) mass is 275 g/mol. The van der Waals surface area contributed by atoms with Crippen molar-refractivity contribution in [2.45, 2.75) is 0 Å². The molecule has 0 radical (unpaired) electrons. The maximum absolute atomic E-state index is 4.23. The molecule has 3 N–H and O–H groups in total. The van der Waals surface area contributed by atoms with E-state index < -0.39 is 0 Å². The van der Waals surface area contributed by atoms with E-state index in [1.807, 2.05) is 24.3 Å².